The van der Waals surface area contributed by atoms with Crippen molar-refractivity contribution in [1.82, 2.24) is 30.5 Å². The zero-order chi connectivity index (χ0) is 17.2. The molecule has 0 radical (unpaired) electrons. The Kier molecular flexibility index (Phi) is 4.10. The van der Waals surface area contributed by atoms with Crippen molar-refractivity contribution in [3.63, 3.8) is 0 Å². The molecule has 0 unspecified atom stereocenters. The van der Waals surface area contributed by atoms with Crippen molar-refractivity contribution in [1.29, 1.82) is 0 Å². The molecule has 0 bridgehead atoms. The number of hydrogen-bond donors (Lipinski definition) is 2. The lowest BCUT2D eigenvalue weighted by Gasteiger charge is -2.21. The fourth-order valence-corrected chi connectivity index (χ4v) is 3.06. The van der Waals surface area contributed by atoms with Crippen LogP contribution in [0.25, 0.3) is 22.2 Å². The van der Waals surface area contributed by atoms with Crippen LogP contribution in [0, 0.1) is 5.92 Å². The van der Waals surface area contributed by atoms with Crippen molar-refractivity contribution >= 4 is 22.6 Å². The molecule has 4 rings (SSSR count). The van der Waals surface area contributed by atoms with Crippen molar-refractivity contribution in [3.8, 4) is 11.3 Å². The number of rotatable bonds is 3. The highest BCUT2D eigenvalue weighted by molar-refractivity contribution is 5.94. The monoisotopic (exact) mass is 337 g/mol. The van der Waals surface area contributed by atoms with Crippen LogP contribution in [-0.4, -0.2) is 44.2 Å². The van der Waals surface area contributed by atoms with Crippen molar-refractivity contribution in [2.24, 2.45) is 13.0 Å². The molecule has 1 amide bonds. The molecule has 1 aliphatic rings. The maximum atomic E-state index is 12.4. The maximum Gasteiger partial charge on any atom is 0.228 e. The summed E-state index contributed by atoms with van der Waals surface area (Å²) in [6, 6.07) is 7.66. The number of aromatic nitrogens is 5. The summed E-state index contributed by atoms with van der Waals surface area (Å²) in [5.41, 5.74) is 2.51. The Bertz CT molecular complexity index is 914. The van der Waals surface area contributed by atoms with Gasteiger partial charge in [-0.2, -0.15) is 0 Å². The van der Waals surface area contributed by atoms with Crippen molar-refractivity contribution in [2.45, 2.75) is 12.8 Å². The summed E-state index contributed by atoms with van der Waals surface area (Å²) in [4.78, 5) is 12.4. The highest BCUT2D eigenvalue weighted by Crippen LogP contribution is 2.23. The predicted octanol–water partition coefficient (Wildman–Crippen LogP) is 1.36. The lowest BCUT2D eigenvalue weighted by atomic mass is 9.97. The first-order chi connectivity index (χ1) is 12.2. The number of nitrogens with zero attached hydrogens (tertiary/aromatic N) is 5. The fourth-order valence-electron chi connectivity index (χ4n) is 3.06. The summed E-state index contributed by atoms with van der Waals surface area (Å²) in [6.45, 7) is 1.76. The maximum absolute atomic E-state index is 12.4. The van der Waals surface area contributed by atoms with Crippen LogP contribution >= 0.6 is 0 Å². The Morgan fingerprint density at radius 1 is 1.20 bits per heavy atom. The van der Waals surface area contributed by atoms with Gasteiger partial charge in [-0.25, -0.2) is 0 Å². The second-order valence-electron chi connectivity index (χ2n) is 6.29. The average Bonchev–Trinajstić information content (AvgIpc) is 3.08. The molecule has 1 aromatic carbocycles. The van der Waals surface area contributed by atoms with Crippen LogP contribution in [0.4, 0.5) is 5.82 Å². The number of benzene rings is 1. The second kappa shape index (κ2) is 6.56. The van der Waals surface area contributed by atoms with Crippen molar-refractivity contribution in [2.75, 3.05) is 18.4 Å². The Morgan fingerprint density at radius 2 is 2.04 bits per heavy atom. The number of nitrogens with one attached hydrogen (secondary N) is 2. The van der Waals surface area contributed by atoms with Gasteiger partial charge < -0.3 is 10.6 Å². The highest BCUT2D eigenvalue weighted by atomic mass is 16.2. The lowest BCUT2D eigenvalue weighted by Crippen LogP contribution is -2.34. The minimum atomic E-state index is 0.0141. The predicted molar refractivity (Wildman–Crippen MR) is 93.8 cm³/mol. The smallest absolute Gasteiger partial charge is 0.228 e. The van der Waals surface area contributed by atoms with E-state index in [0.29, 0.717) is 5.82 Å². The van der Waals surface area contributed by atoms with Gasteiger partial charge in [-0.3, -0.25) is 9.48 Å². The van der Waals surface area contributed by atoms with Crippen LogP contribution in [-0.2, 0) is 11.8 Å². The van der Waals surface area contributed by atoms with Crippen LogP contribution in [0.2, 0.25) is 0 Å². The van der Waals surface area contributed by atoms with E-state index in [1.54, 1.807) is 4.68 Å². The van der Waals surface area contributed by atoms with E-state index in [9.17, 15) is 4.79 Å². The van der Waals surface area contributed by atoms with Gasteiger partial charge in [0.05, 0.1) is 11.7 Å². The first-order valence-electron chi connectivity index (χ1n) is 8.35. The van der Waals surface area contributed by atoms with E-state index in [1.165, 1.54) is 0 Å². The van der Waals surface area contributed by atoms with E-state index in [1.807, 2.05) is 37.5 Å². The number of fused-ring (bicyclic) bond motifs is 1. The topological polar surface area (TPSA) is 97.6 Å². The van der Waals surface area contributed by atoms with Gasteiger partial charge in [0.2, 0.25) is 5.91 Å². The Balaban J connectivity index is 1.59. The number of carbonyl (C=O) groups is 1. The minimum Gasteiger partial charge on any atom is -0.317 e. The molecule has 25 heavy (non-hydrogen) atoms. The molecule has 2 N–H and O–H groups in total. The fraction of sp³-hybridized carbons (Fsp3) is 0.353. The number of anilines is 1. The molecule has 0 aliphatic carbocycles. The number of amides is 1. The van der Waals surface area contributed by atoms with Crippen molar-refractivity contribution < 1.29 is 4.79 Å². The molecule has 2 aromatic heterocycles. The van der Waals surface area contributed by atoms with Gasteiger partial charge in [-0.15, -0.1) is 15.3 Å². The average molecular weight is 337 g/mol. The standard InChI is InChI=1S/C17H19N7O/c1-24-10-15(21-23-24)12-2-3-14-13(8-12)9-16(22-20-14)19-17(25)11-4-6-18-7-5-11/h2-3,8-11,18H,4-7H2,1H3,(H,19,22,25). The number of piperidine rings is 1. The molecule has 0 atom stereocenters. The van der Waals surface area contributed by atoms with Gasteiger partial charge in [0.25, 0.3) is 0 Å². The van der Waals surface area contributed by atoms with Crippen LogP contribution in [0.3, 0.4) is 0 Å². The molecule has 1 saturated heterocycles. The Hall–Kier alpha value is -2.87. The number of carbonyl (C=O) groups excluding carboxylic acids is 1. The third-order valence-electron chi connectivity index (χ3n) is 4.44. The summed E-state index contributed by atoms with van der Waals surface area (Å²) in [5, 5.41) is 23.5. The Morgan fingerprint density at radius 3 is 2.80 bits per heavy atom. The first-order valence-corrected chi connectivity index (χ1v) is 8.35. The highest BCUT2D eigenvalue weighted by Gasteiger charge is 2.21. The summed E-state index contributed by atoms with van der Waals surface area (Å²) in [7, 11) is 1.83. The molecule has 3 heterocycles. The van der Waals surface area contributed by atoms with Gasteiger partial charge in [0.15, 0.2) is 5.82 Å². The van der Waals surface area contributed by atoms with E-state index in [-0.39, 0.29) is 11.8 Å². The number of aryl methyl sites for hydroxylation is 1. The molecule has 8 heteroatoms. The molecule has 0 saturated carbocycles. The van der Waals surface area contributed by atoms with Gasteiger partial charge >= 0.3 is 0 Å². The van der Waals surface area contributed by atoms with Crippen LogP contribution in [0.1, 0.15) is 12.8 Å². The largest absolute Gasteiger partial charge is 0.317 e. The normalized spacial score (nSPS) is 15.4. The summed E-state index contributed by atoms with van der Waals surface area (Å²) in [5.74, 6) is 0.525. The van der Waals surface area contributed by atoms with Crippen LogP contribution in [0.5, 0.6) is 0 Å². The van der Waals surface area contributed by atoms with Crippen LogP contribution in [0.15, 0.2) is 30.5 Å². The first kappa shape index (κ1) is 15.6. The summed E-state index contributed by atoms with van der Waals surface area (Å²) < 4.78 is 1.66. The van der Waals surface area contributed by atoms with Gasteiger partial charge in [-0.05, 0) is 44.1 Å². The van der Waals surface area contributed by atoms with E-state index >= 15 is 0 Å². The van der Waals surface area contributed by atoms with E-state index in [4.69, 9.17) is 0 Å². The molecule has 128 valence electrons. The van der Waals surface area contributed by atoms with E-state index < -0.39 is 0 Å². The third-order valence-corrected chi connectivity index (χ3v) is 4.44. The summed E-state index contributed by atoms with van der Waals surface area (Å²) >= 11 is 0. The van der Waals surface area contributed by atoms with Gasteiger partial charge in [0.1, 0.15) is 5.69 Å². The third kappa shape index (κ3) is 3.34. The zero-order valence-electron chi connectivity index (χ0n) is 13.9. The molecule has 8 nitrogen and oxygen atoms in total. The Labute approximate surface area is 144 Å². The molecular weight excluding hydrogens is 318 g/mol. The van der Waals surface area contributed by atoms with Gasteiger partial charge in [0, 0.05) is 23.9 Å². The quantitative estimate of drug-likeness (QED) is 0.749. The lowest BCUT2D eigenvalue weighted by molar-refractivity contribution is -0.120. The zero-order valence-corrected chi connectivity index (χ0v) is 13.9. The summed E-state index contributed by atoms with van der Waals surface area (Å²) in [6.07, 6.45) is 3.56. The minimum absolute atomic E-state index is 0.0141. The van der Waals surface area contributed by atoms with Gasteiger partial charge in [-0.1, -0.05) is 11.3 Å². The molecule has 3 aromatic rings. The van der Waals surface area contributed by atoms with Crippen LogP contribution < -0.4 is 10.6 Å². The molecule has 0 spiro atoms. The molecular formula is C17H19N7O. The van der Waals surface area contributed by atoms with E-state index in [2.05, 4.69) is 31.1 Å². The van der Waals surface area contributed by atoms with E-state index in [0.717, 1.165) is 48.1 Å². The SMILES string of the molecule is Cn1cc(-c2ccc3nnc(NC(=O)C4CCNCC4)cc3c2)nn1. The second-order valence-corrected chi connectivity index (χ2v) is 6.29. The van der Waals surface area contributed by atoms with Crippen molar-refractivity contribution in [3.05, 3.63) is 30.5 Å². The number of hydrogen-bond acceptors (Lipinski definition) is 6. The molecule has 1 aliphatic heterocycles. The molecule has 1 fully saturated rings.